The highest BCUT2D eigenvalue weighted by Gasteiger charge is 2.36. The van der Waals surface area contributed by atoms with Gasteiger partial charge in [0.05, 0.1) is 40.2 Å². The van der Waals surface area contributed by atoms with Gasteiger partial charge in [0.2, 0.25) is 0 Å². The summed E-state index contributed by atoms with van der Waals surface area (Å²) in [7, 11) is 0. The Bertz CT molecular complexity index is 1520. The Labute approximate surface area is 201 Å². The molecule has 2 amide bonds. The molecule has 0 fully saturated rings. The van der Waals surface area contributed by atoms with Crippen molar-refractivity contribution in [1.29, 1.82) is 0 Å². The topological polar surface area (TPSA) is 92.6 Å². The lowest BCUT2D eigenvalue weighted by Crippen LogP contribution is -2.29. The van der Waals surface area contributed by atoms with Gasteiger partial charge in [-0.3, -0.25) is 24.4 Å². The SMILES string of the molecule is O=C1c2ccccc2C(=O)N1OCc1ccc2ccccc2n1.OCc1ccc2ccccc2n1. The standard InChI is InChI=1S/C18H12N2O3.C10H9NO/c21-17-14-6-2-3-7-15(14)18(22)20(17)23-11-13-10-9-12-5-1-4-8-16(12)19-13;12-7-9-6-5-8-3-1-2-4-10(8)11-9/h1-10H,11H2;1-6,12H,7H2. The maximum Gasteiger partial charge on any atom is 0.285 e. The van der Waals surface area contributed by atoms with Crippen molar-refractivity contribution in [3.63, 3.8) is 0 Å². The van der Waals surface area contributed by atoms with E-state index in [-0.39, 0.29) is 13.2 Å². The molecule has 0 atom stereocenters. The first-order valence-electron chi connectivity index (χ1n) is 11.0. The number of benzene rings is 3. The number of hydrogen-bond acceptors (Lipinski definition) is 6. The first-order valence-corrected chi connectivity index (χ1v) is 11.0. The molecule has 1 aliphatic rings. The van der Waals surface area contributed by atoms with Crippen molar-refractivity contribution < 1.29 is 19.5 Å². The largest absolute Gasteiger partial charge is 0.390 e. The van der Waals surface area contributed by atoms with Gasteiger partial charge in [0.25, 0.3) is 11.8 Å². The summed E-state index contributed by atoms with van der Waals surface area (Å²) in [6.45, 7) is 0.0567. The average molecular weight is 463 g/mol. The number of aliphatic hydroxyl groups is 1. The molecule has 0 saturated heterocycles. The highest BCUT2D eigenvalue weighted by atomic mass is 16.7. The Kier molecular flexibility index (Phi) is 6.26. The van der Waals surface area contributed by atoms with Crippen LogP contribution in [-0.2, 0) is 18.1 Å². The van der Waals surface area contributed by atoms with Crippen LogP contribution in [0.5, 0.6) is 0 Å². The Morgan fingerprint density at radius 3 is 1.69 bits per heavy atom. The van der Waals surface area contributed by atoms with E-state index >= 15 is 0 Å². The van der Waals surface area contributed by atoms with Gasteiger partial charge >= 0.3 is 0 Å². The fourth-order valence-electron chi connectivity index (χ4n) is 3.80. The van der Waals surface area contributed by atoms with Crippen LogP contribution in [0.2, 0.25) is 0 Å². The van der Waals surface area contributed by atoms with Gasteiger partial charge in [-0.25, -0.2) is 0 Å². The molecule has 172 valence electrons. The van der Waals surface area contributed by atoms with E-state index in [1.807, 2.05) is 72.8 Å². The summed E-state index contributed by atoms with van der Waals surface area (Å²) in [5.74, 6) is -0.877. The molecule has 0 aliphatic carbocycles. The molecule has 7 heteroatoms. The zero-order chi connectivity index (χ0) is 24.2. The number of hydroxylamine groups is 2. The van der Waals surface area contributed by atoms with Crippen LogP contribution in [0.3, 0.4) is 0 Å². The highest BCUT2D eigenvalue weighted by Crippen LogP contribution is 2.23. The number of hydrogen-bond donors (Lipinski definition) is 1. The Morgan fingerprint density at radius 1 is 0.629 bits per heavy atom. The summed E-state index contributed by atoms with van der Waals surface area (Å²) >= 11 is 0. The second kappa shape index (κ2) is 9.80. The summed E-state index contributed by atoms with van der Waals surface area (Å²) in [4.78, 5) is 38.5. The van der Waals surface area contributed by atoms with Crippen LogP contribution in [0.25, 0.3) is 21.8 Å². The van der Waals surface area contributed by atoms with E-state index in [0.717, 1.165) is 26.9 Å². The Hall–Kier alpha value is -4.46. The van der Waals surface area contributed by atoms with Gasteiger partial charge in [0.1, 0.15) is 6.61 Å². The molecule has 1 N–H and O–H groups in total. The number of carbonyl (C=O) groups is 2. The van der Waals surface area contributed by atoms with E-state index < -0.39 is 11.8 Å². The number of carbonyl (C=O) groups excluding carboxylic acids is 2. The van der Waals surface area contributed by atoms with E-state index in [1.54, 1.807) is 24.3 Å². The number of aliphatic hydroxyl groups excluding tert-OH is 1. The summed E-state index contributed by atoms with van der Waals surface area (Å²) in [6, 6.07) is 29.8. The molecule has 5 aromatic rings. The molecule has 7 nitrogen and oxygen atoms in total. The third kappa shape index (κ3) is 4.63. The first-order chi connectivity index (χ1) is 17.1. The van der Waals surface area contributed by atoms with Crippen molar-refractivity contribution in [3.05, 3.63) is 120 Å². The highest BCUT2D eigenvalue weighted by molar-refractivity contribution is 6.20. The number of rotatable bonds is 4. The van der Waals surface area contributed by atoms with Crippen LogP contribution in [0.1, 0.15) is 32.1 Å². The number of pyridine rings is 2. The average Bonchev–Trinajstić information content (AvgIpc) is 3.16. The molecule has 0 radical (unpaired) electrons. The van der Waals surface area contributed by atoms with Gasteiger partial charge in [0, 0.05) is 10.8 Å². The van der Waals surface area contributed by atoms with Gasteiger partial charge in [0.15, 0.2) is 0 Å². The predicted molar refractivity (Wildman–Crippen MR) is 131 cm³/mol. The zero-order valence-corrected chi connectivity index (χ0v) is 18.7. The lowest BCUT2D eigenvalue weighted by molar-refractivity contribution is -0.101. The maximum absolute atomic E-state index is 12.2. The minimum Gasteiger partial charge on any atom is -0.390 e. The number of para-hydroxylation sites is 2. The van der Waals surface area contributed by atoms with Crippen molar-refractivity contribution >= 4 is 33.6 Å². The predicted octanol–water partition coefficient (Wildman–Crippen LogP) is 4.69. The molecule has 35 heavy (non-hydrogen) atoms. The molecule has 2 aromatic heterocycles. The monoisotopic (exact) mass is 463 g/mol. The van der Waals surface area contributed by atoms with Gasteiger partial charge in [-0.1, -0.05) is 60.7 Å². The Balaban J connectivity index is 0.000000178. The van der Waals surface area contributed by atoms with Crippen LogP contribution >= 0.6 is 0 Å². The van der Waals surface area contributed by atoms with E-state index in [4.69, 9.17) is 9.94 Å². The summed E-state index contributed by atoms with van der Waals surface area (Å²) < 4.78 is 0. The molecular weight excluding hydrogens is 442 g/mol. The fraction of sp³-hybridized carbons (Fsp3) is 0.0714. The van der Waals surface area contributed by atoms with Crippen molar-refractivity contribution in [2.24, 2.45) is 0 Å². The molecule has 0 bridgehead atoms. The minimum absolute atomic E-state index is 0.00480. The third-order valence-electron chi connectivity index (χ3n) is 5.57. The minimum atomic E-state index is -0.439. The van der Waals surface area contributed by atoms with E-state index in [1.165, 1.54) is 0 Å². The van der Waals surface area contributed by atoms with Crippen LogP contribution < -0.4 is 0 Å². The number of imide groups is 1. The molecule has 3 heterocycles. The van der Waals surface area contributed by atoms with Crippen LogP contribution in [0, 0.1) is 0 Å². The van der Waals surface area contributed by atoms with Crippen molar-refractivity contribution in [1.82, 2.24) is 15.0 Å². The normalized spacial score (nSPS) is 12.5. The smallest absolute Gasteiger partial charge is 0.285 e. The number of amides is 2. The van der Waals surface area contributed by atoms with Crippen LogP contribution in [-0.4, -0.2) is 32.0 Å². The number of aromatic nitrogens is 2. The lowest BCUT2D eigenvalue weighted by Gasteiger charge is -2.13. The molecule has 1 aliphatic heterocycles. The molecular formula is C28H21N3O4. The lowest BCUT2D eigenvalue weighted by atomic mass is 10.1. The van der Waals surface area contributed by atoms with Crippen molar-refractivity contribution in [2.45, 2.75) is 13.2 Å². The maximum atomic E-state index is 12.2. The second-order valence-electron chi connectivity index (χ2n) is 7.87. The molecule has 0 unspecified atom stereocenters. The van der Waals surface area contributed by atoms with Crippen LogP contribution in [0.4, 0.5) is 0 Å². The van der Waals surface area contributed by atoms with E-state index in [2.05, 4.69) is 9.97 Å². The first kappa shape index (κ1) is 22.3. The number of fused-ring (bicyclic) bond motifs is 3. The quantitative estimate of drug-likeness (QED) is 0.389. The summed E-state index contributed by atoms with van der Waals surface area (Å²) in [5.41, 5.74) is 3.88. The van der Waals surface area contributed by atoms with Crippen molar-refractivity contribution in [2.75, 3.05) is 0 Å². The summed E-state index contributed by atoms with van der Waals surface area (Å²) in [6.07, 6.45) is 0. The molecule has 6 rings (SSSR count). The van der Waals surface area contributed by atoms with Gasteiger partial charge in [-0.05, 0) is 36.4 Å². The van der Waals surface area contributed by atoms with Crippen LogP contribution in [0.15, 0.2) is 97.1 Å². The van der Waals surface area contributed by atoms with Gasteiger partial charge in [-0.15, -0.1) is 5.06 Å². The molecule has 0 spiro atoms. The molecule has 0 saturated carbocycles. The van der Waals surface area contributed by atoms with Crippen molar-refractivity contribution in [3.8, 4) is 0 Å². The van der Waals surface area contributed by atoms with E-state index in [0.29, 0.717) is 22.5 Å². The molecule has 3 aromatic carbocycles. The zero-order valence-electron chi connectivity index (χ0n) is 18.7. The second-order valence-corrected chi connectivity index (χ2v) is 7.87. The van der Waals surface area contributed by atoms with E-state index in [9.17, 15) is 9.59 Å². The van der Waals surface area contributed by atoms with Gasteiger partial charge < -0.3 is 5.11 Å². The summed E-state index contributed by atoms with van der Waals surface area (Å²) in [5, 5.41) is 11.8. The number of nitrogens with zero attached hydrogens (tertiary/aromatic N) is 3. The Morgan fingerprint density at radius 2 is 1.11 bits per heavy atom. The third-order valence-corrected chi connectivity index (χ3v) is 5.57. The fourth-order valence-corrected chi connectivity index (χ4v) is 3.80. The van der Waals surface area contributed by atoms with Gasteiger partial charge in [-0.2, -0.15) is 0 Å².